The molecule has 2 aliphatic heterocycles. The molecule has 0 spiro atoms. The molecule has 2 atom stereocenters. The Balaban J connectivity index is 0.822. The van der Waals surface area contributed by atoms with Crippen molar-refractivity contribution in [3.8, 4) is 34.3 Å². The zero-order chi connectivity index (χ0) is 47.9. The van der Waals surface area contributed by atoms with Gasteiger partial charge in [-0.15, -0.1) is 0 Å². The Bertz CT molecular complexity index is 2620. The third-order valence-corrected chi connectivity index (χ3v) is 12.5. The number of nitrogens with zero attached hydrogens (tertiary/aromatic N) is 5. The van der Waals surface area contributed by atoms with E-state index in [9.17, 15) is 24.4 Å². The summed E-state index contributed by atoms with van der Waals surface area (Å²) in [5.41, 5.74) is 5.01. The fraction of sp³-hybridized carbons (Fsp3) is 0.365. The van der Waals surface area contributed by atoms with Crippen LogP contribution in [-0.2, 0) is 30.5 Å². The lowest BCUT2D eigenvalue weighted by molar-refractivity contribution is -0.144. The van der Waals surface area contributed by atoms with E-state index < -0.39 is 28.9 Å². The maximum absolute atomic E-state index is 13.9. The van der Waals surface area contributed by atoms with Crippen LogP contribution in [0.25, 0.3) is 22.5 Å². The molecule has 4 aromatic carbocycles. The van der Waals surface area contributed by atoms with Crippen molar-refractivity contribution in [2.24, 2.45) is 5.41 Å². The van der Waals surface area contributed by atoms with E-state index in [1.165, 1.54) is 11.3 Å². The molecule has 3 heterocycles. The van der Waals surface area contributed by atoms with Crippen LogP contribution in [0, 0.1) is 23.7 Å². The smallest absolute Gasteiger partial charge is 0.259 e. The molecule has 5 aromatic rings. The molecule has 2 fully saturated rings. The summed E-state index contributed by atoms with van der Waals surface area (Å²) >= 11 is 5.86. The number of amides is 4. The van der Waals surface area contributed by atoms with E-state index in [0.29, 0.717) is 74.1 Å². The van der Waals surface area contributed by atoms with Crippen LogP contribution in [0.5, 0.6) is 5.75 Å². The number of rotatable bonds is 17. The Morgan fingerprint density at radius 3 is 2.24 bits per heavy atom. The number of oxazole rings is 1. The zero-order valence-electron chi connectivity index (χ0n) is 38.8. The van der Waals surface area contributed by atoms with Gasteiger partial charge in [0.05, 0.1) is 30.1 Å². The summed E-state index contributed by atoms with van der Waals surface area (Å²) < 4.78 is 17.0. The Morgan fingerprint density at radius 2 is 1.60 bits per heavy atom. The molecule has 67 heavy (non-hydrogen) atoms. The fourth-order valence-corrected chi connectivity index (χ4v) is 8.87. The Morgan fingerprint density at radius 1 is 0.940 bits per heavy atom. The highest BCUT2D eigenvalue weighted by atomic mass is 32.1. The summed E-state index contributed by atoms with van der Waals surface area (Å²) in [6, 6.07) is 29.4. The van der Waals surface area contributed by atoms with Gasteiger partial charge in [0.1, 0.15) is 30.0 Å². The van der Waals surface area contributed by atoms with Crippen LogP contribution in [0.4, 0.5) is 11.4 Å². The van der Waals surface area contributed by atoms with Gasteiger partial charge in [0.2, 0.25) is 17.7 Å². The predicted octanol–water partition coefficient (Wildman–Crippen LogP) is 8.12. The summed E-state index contributed by atoms with van der Waals surface area (Å²) in [6.07, 6.45) is 5.63. The topological polar surface area (TPSA) is 170 Å². The first-order chi connectivity index (χ1) is 32.1. The molecule has 4 amide bonds. The maximum atomic E-state index is 13.9. The van der Waals surface area contributed by atoms with Crippen LogP contribution >= 0.6 is 12.2 Å². The summed E-state index contributed by atoms with van der Waals surface area (Å²) in [5.74, 6) is 0.336. The minimum Gasteiger partial charge on any atom is -0.494 e. The Hall–Kier alpha value is -6.89. The molecule has 2 saturated heterocycles. The molecule has 0 saturated carbocycles. The molecule has 0 bridgehead atoms. The Labute approximate surface area is 397 Å². The summed E-state index contributed by atoms with van der Waals surface area (Å²) in [7, 11) is 0. The average Bonchev–Trinajstić information content (AvgIpc) is 4.07. The summed E-state index contributed by atoms with van der Waals surface area (Å²) in [4.78, 5) is 62.9. The number of aromatic nitrogens is 1. The van der Waals surface area contributed by atoms with Gasteiger partial charge in [-0.2, -0.15) is 5.26 Å². The number of likely N-dealkylation sites (tertiary alicyclic amines) is 1. The highest BCUT2D eigenvalue weighted by Crippen LogP contribution is 2.38. The number of aryl methyl sites for hydroxylation is 1. The molecular weight excluding hydrogens is 867 g/mol. The second-order valence-electron chi connectivity index (χ2n) is 18.4. The predicted molar refractivity (Wildman–Crippen MR) is 260 cm³/mol. The van der Waals surface area contributed by atoms with Crippen LogP contribution in [0.2, 0.25) is 0 Å². The number of nitriles is 1. The number of benzene rings is 4. The van der Waals surface area contributed by atoms with Gasteiger partial charge in [-0.05, 0) is 129 Å². The second-order valence-corrected chi connectivity index (χ2v) is 18.8. The number of hydrogen-bond acceptors (Lipinski definition) is 10. The van der Waals surface area contributed by atoms with E-state index in [-0.39, 0.29) is 24.3 Å². The van der Waals surface area contributed by atoms with E-state index in [1.54, 1.807) is 23.2 Å². The first-order valence-electron chi connectivity index (χ1n) is 22.5. The molecule has 14 nitrogen and oxygen atoms in total. The highest BCUT2D eigenvalue weighted by Gasteiger charge is 2.50. The molecule has 348 valence electrons. The second kappa shape index (κ2) is 20.7. The van der Waals surface area contributed by atoms with Gasteiger partial charge < -0.3 is 34.3 Å². The number of nitrogens with one attached hydrogen (secondary N) is 2. The molecule has 0 radical (unpaired) electrons. The van der Waals surface area contributed by atoms with Crippen molar-refractivity contribution in [1.82, 2.24) is 20.5 Å². The monoisotopic (exact) mass is 923 g/mol. The fourth-order valence-electron chi connectivity index (χ4n) is 8.35. The highest BCUT2D eigenvalue weighted by molar-refractivity contribution is 7.81. The van der Waals surface area contributed by atoms with E-state index in [0.717, 1.165) is 39.3 Å². The van der Waals surface area contributed by atoms with E-state index in [1.807, 2.05) is 125 Å². The van der Waals surface area contributed by atoms with E-state index >= 15 is 0 Å². The molecule has 2 aliphatic rings. The molecule has 0 aliphatic carbocycles. The van der Waals surface area contributed by atoms with Gasteiger partial charge in [-0.25, -0.2) is 4.98 Å². The van der Waals surface area contributed by atoms with Gasteiger partial charge in [0, 0.05) is 30.9 Å². The first-order valence-corrected chi connectivity index (χ1v) is 22.9. The van der Waals surface area contributed by atoms with Gasteiger partial charge in [-0.3, -0.25) is 24.1 Å². The Kier molecular flexibility index (Phi) is 14.9. The van der Waals surface area contributed by atoms with Crippen molar-refractivity contribution < 1.29 is 33.1 Å². The summed E-state index contributed by atoms with van der Waals surface area (Å²) in [6.45, 7) is 12.6. The SMILES string of the molecule is Cc1cc(N2C(=O)C(C)(C)N(c3ccc(-c4ccc(OCCCCOCC(=O)NC(C(=O)N5CCC[C@H]5C(=O)NCc5ccc(-c6cnco6)cc5)C(C)(C)C)cc4)cc3)C2=S)ccc1C#N. The lowest BCUT2D eigenvalue weighted by atomic mass is 9.85. The first kappa shape index (κ1) is 48.1. The average molecular weight is 924 g/mol. The lowest BCUT2D eigenvalue weighted by Crippen LogP contribution is -2.58. The molecule has 7 rings (SSSR count). The van der Waals surface area contributed by atoms with Crippen molar-refractivity contribution in [1.29, 1.82) is 5.26 Å². The zero-order valence-corrected chi connectivity index (χ0v) is 39.7. The molecule has 2 N–H and O–H groups in total. The van der Waals surface area contributed by atoms with Crippen molar-refractivity contribution in [2.75, 3.05) is 36.2 Å². The van der Waals surface area contributed by atoms with Gasteiger partial charge in [0.15, 0.2) is 17.3 Å². The van der Waals surface area contributed by atoms with Crippen molar-refractivity contribution in [3.05, 3.63) is 120 Å². The minimum absolute atomic E-state index is 0.145. The van der Waals surface area contributed by atoms with E-state index in [2.05, 4.69) is 21.7 Å². The lowest BCUT2D eigenvalue weighted by Gasteiger charge is -2.35. The summed E-state index contributed by atoms with van der Waals surface area (Å²) in [5, 5.41) is 15.6. The van der Waals surface area contributed by atoms with Crippen LogP contribution in [-0.4, -0.2) is 82.6 Å². The molecular formula is C52H57N7O7S. The van der Waals surface area contributed by atoms with Crippen LogP contribution in [0.3, 0.4) is 0 Å². The molecule has 15 heteroatoms. The number of ether oxygens (including phenoxy) is 2. The van der Waals surface area contributed by atoms with Crippen LogP contribution in [0.15, 0.2) is 108 Å². The number of hydrogen-bond donors (Lipinski definition) is 2. The largest absolute Gasteiger partial charge is 0.494 e. The van der Waals surface area contributed by atoms with Crippen LogP contribution in [0.1, 0.15) is 77.0 Å². The number of thiocarbonyl (C=S) groups is 1. The van der Waals surface area contributed by atoms with Crippen LogP contribution < -0.4 is 25.2 Å². The normalized spacial score (nSPS) is 16.2. The van der Waals surface area contributed by atoms with Crippen molar-refractivity contribution in [3.63, 3.8) is 0 Å². The van der Waals surface area contributed by atoms with Crippen molar-refractivity contribution in [2.45, 2.75) is 91.4 Å². The number of unbranched alkanes of at least 4 members (excludes halogenated alkanes) is 1. The van der Waals surface area contributed by atoms with Crippen molar-refractivity contribution >= 4 is 52.3 Å². The van der Waals surface area contributed by atoms with Gasteiger partial charge in [-0.1, -0.05) is 69.3 Å². The third-order valence-electron chi connectivity index (χ3n) is 12.1. The molecule has 1 unspecified atom stereocenters. The van der Waals surface area contributed by atoms with Gasteiger partial charge in [0.25, 0.3) is 5.91 Å². The number of anilines is 2. The number of carbonyl (C=O) groups is 4. The quantitative estimate of drug-likeness (QED) is 0.0682. The third kappa shape index (κ3) is 11.0. The number of carbonyl (C=O) groups excluding carboxylic acids is 4. The minimum atomic E-state index is -0.921. The maximum Gasteiger partial charge on any atom is 0.259 e. The van der Waals surface area contributed by atoms with E-state index in [4.69, 9.17) is 26.1 Å². The standard InChI is InChI=1S/C52H57N7O7S/c1-34-28-41(22-17-39(34)29-53)58-49(63)52(5,6)59(50(58)67)40-20-15-36(16-21-40)37-18-23-42(24-19-37)65-27-8-7-26-64-32-45(60)56-46(51(2,3)4)48(62)57-25-9-10-43(57)47(61)55-30-35-11-13-38(14-12-35)44-31-54-33-66-44/h11-24,28,31,33,43,46H,7-10,25-27,30,32H2,1-6H3,(H,55,61)(H,56,60)/t43-,46?/m0/s1. The van der Waals surface area contributed by atoms with Gasteiger partial charge >= 0.3 is 0 Å². The molecule has 1 aromatic heterocycles.